The van der Waals surface area contributed by atoms with Crippen LogP contribution in [0.15, 0.2) is 4.99 Å². The summed E-state index contributed by atoms with van der Waals surface area (Å²) in [5.41, 5.74) is 0.231. The first-order valence-corrected chi connectivity index (χ1v) is 9.68. The number of ether oxygens (including phenoxy) is 2. The maximum absolute atomic E-state index is 5.97. The van der Waals surface area contributed by atoms with Gasteiger partial charge in [0.25, 0.3) is 0 Å². The van der Waals surface area contributed by atoms with Gasteiger partial charge in [-0.05, 0) is 37.5 Å². The third-order valence-electron chi connectivity index (χ3n) is 4.73. The molecule has 0 saturated carbocycles. The van der Waals surface area contributed by atoms with Crippen LogP contribution in [0.3, 0.4) is 0 Å². The molecule has 0 amide bonds. The summed E-state index contributed by atoms with van der Waals surface area (Å²) in [5.74, 6) is 1.73. The van der Waals surface area contributed by atoms with E-state index < -0.39 is 0 Å². The van der Waals surface area contributed by atoms with Crippen LogP contribution < -0.4 is 5.32 Å². The van der Waals surface area contributed by atoms with Gasteiger partial charge in [0.2, 0.25) is 0 Å². The quantitative estimate of drug-likeness (QED) is 0.369. The van der Waals surface area contributed by atoms with Crippen molar-refractivity contribution in [2.45, 2.75) is 66.1 Å². The maximum Gasteiger partial charge on any atom is 0.194 e. The summed E-state index contributed by atoms with van der Waals surface area (Å²) >= 11 is 0. The number of nitrogens with one attached hydrogen (secondary N) is 1. The van der Waals surface area contributed by atoms with Gasteiger partial charge in [-0.2, -0.15) is 0 Å². The van der Waals surface area contributed by atoms with Crippen molar-refractivity contribution in [3.8, 4) is 0 Å². The van der Waals surface area contributed by atoms with Crippen molar-refractivity contribution in [2.75, 3.05) is 39.4 Å². The highest BCUT2D eigenvalue weighted by Crippen LogP contribution is 2.26. The molecular formula is C19H38IN3O2. The van der Waals surface area contributed by atoms with E-state index in [-0.39, 0.29) is 41.6 Å². The normalized spacial score (nSPS) is 25.2. The summed E-state index contributed by atoms with van der Waals surface area (Å²) in [6, 6.07) is 0. The minimum Gasteiger partial charge on any atom is -0.375 e. The van der Waals surface area contributed by atoms with E-state index in [0.29, 0.717) is 5.92 Å². The number of hydrogen-bond donors (Lipinski definition) is 1. The molecule has 2 aliphatic rings. The molecule has 2 aliphatic heterocycles. The summed E-state index contributed by atoms with van der Waals surface area (Å²) in [5, 5.41) is 3.47. The predicted molar refractivity (Wildman–Crippen MR) is 115 cm³/mol. The Kier molecular flexibility index (Phi) is 10.0. The van der Waals surface area contributed by atoms with Gasteiger partial charge in [-0.25, -0.2) is 0 Å². The first-order valence-electron chi connectivity index (χ1n) is 9.68. The maximum atomic E-state index is 5.97. The number of hydrogen-bond acceptors (Lipinski definition) is 3. The molecule has 2 heterocycles. The van der Waals surface area contributed by atoms with Gasteiger partial charge in [-0.1, -0.05) is 27.7 Å². The molecule has 0 aromatic rings. The van der Waals surface area contributed by atoms with Gasteiger partial charge in [0.15, 0.2) is 5.96 Å². The van der Waals surface area contributed by atoms with Crippen LogP contribution >= 0.6 is 24.0 Å². The van der Waals surface area contributed by atoms with Gasteiger partial charge < -0.3 is 19.7 Å². The Morgan fingerprint density at radius 2 is 1.96 bits per heavy atom. The lowest BCUT2D eigenvalue weighted by Gasteiger charge is -2.37. The summed E-state index contributed by atoms with van der Waals surface area (Å²) in [6.07, 6.45) is 3.90. The fourth-order valence-corrected chi connectivity index (χ4v) is 3.87. The molecular weight excluding hydrogens is 429 g/mol. The predicted octanol–water partition coefficient (Wildman–Crippen LogP) is 3.52. The van der Waals surface area contributed by atoms with Crippen LogP contribution in [0.1, 0.15) is 53.9 Å². The van der Waals surface area contributed by atoms with Gasteiger partial charge in [0.1, 0.15) is 6.10 Å². The summed E-state index contributed by atoms with van der Waals surface area (Å²) in [4.78, 5) is 7.31. The number of morpholine rings is 1. The summed E-state index contributed by atoms with van der Waals surface area (Å²) in [6.45, 7) is 16.5. The highest BCUT2D eigenvalue weighted by Gasteiger charge is 2.32. The van der Waals surface area contributed by atoms with Crippen LogP contribution in [0, 0.1) is 11.3 Å². The lowest BCUT2D eigenvalue weighted by Crippen LogP contribution is -2.53. The van der Waals surface area contributed by atoms with E-state index in [4.69, 9.17) is 14.5 Å². The Morgan fingerprint density at radius 3 is 2.56 bits per heavy atom. The molecule has 2 fully saturated rings. The van der Waals surface area contributed by atoms with E-state index in [1.54, 1.807) is 0 Å². The van der Waals surface area contributed by atoms with E-state index in [2.05, 4.69) is 44.8 Å². The van der Waals surface area contributed by atoms with Gasteiger partial charge >= 0.3 is 0 Å². The molecule has 2 unspecified atom stereocenters. The average molecular weight is 467 g/mol. The van der Waals surface area contributed by atoms with Crippen molar-refractivity contribution in [3.05, 3.63) is 0 Å². The Bertz CT molecular complexity index is 409. The fraction of sp³-hybridized carbons (Fsp3) is 0.947. The van der Waals surface area contributed by atoms with Crippen molar-refractivity contribution < 1.29 is 9.47 Å². The van der Waals surface area contributed by atoms with Crippen LogP contribution in [0.25, 0.3) is 0 Å². The molecule has 25 heavy (non-hydrogen) atoms. The zero-order chi connectivity index (χ0) is 17.6. The molecule has 0 radical (unpaired) electrons. The monoisotopic (exact) mass is 467 g/mol. The lowest BCUT2D eigenvalue weighted by molar-refractivity contribution is -0.0817. The van der Waals surface area contributed by atoms with E-state index in [9.17, 15) is 0 Å². The minimum atomic E-state index is 0. The molecule has 0 aromatic carbocycles. The molecule has 2 saturated heterocycles. The third kappa shape index (κ3) is 7.59. The van der Waals surface area contributed by atoms with Crippen LogP contribution in [0.2, 0.25) is 0 Å². The Morgan fingerprint density at radius 1 is 1.24 bits per heavy atom. The first-order chi connectivity index (χ1) is 11.4. The number of aliphatic imine (C=N–C) groups is 1. The molecule has 6 heteroatoms. The van der Waals surface area contributed by atoms with Gasteiger partial charge in [0, 0.05) is 32.8 Å². The Balaban J connectivity index is 0.00000312. The summed E-state index contributed by atoms with van der Waals surface area (Å²) in [7, 11) is 0. The van der Waals surface area contributed by atoms with E-state index in [1.807, 2.05) is 0 Å². The van der Waals surface area contributed by atoms with Gasteiger partial charge in [0.05, 0.1) is 12.7 Å². The highest BCUT2D eigenvalue weighted by atomic mass is 127. The Labute approximate surface area is 171 Å². The summed E-state index contributed by atoms with van der Waals surface area (Å²) < 4.78 is 11.8. The first kappa shape index (κ1) is 23.0. The SMILES string of the molecule is CCNC(=NCC(C)(C)CC(C)C)N1CCOC(C2CCCO2)C1.I. The minimum absolute atomic E-state index is 0. The molecule has 2 rings (SSSR count). The average Bonchev–Trinajstić information content (AvgIpc) is 3.05. The number of nitrogens with zero attached hydrogens (tertiary/aromatic N) is 2. The molecule has 2 atom stereocenters. The molecule has 0 bridgehead atoms. The molecule has 0 spiro atoms. The van der Waals surface area contributed by atoms with Crippen molar-refractivity contribution in [1.82, 2.24) is 10.2 Å². The van der Waals surface area contributed by atoms with Crippen LogP contribution in [0.5, 0.6) is 0 Å². The standard InChI is InChI=1S/C19H37N3O2.HI/c1-6-20-18(21-14-19(4,5)12-15(2)3)22-9-11-24-17(13-22)16-8-7-10-23-16;/h15-17H,6-14H2,1-5H3,(H,20,21);1H. The number of rotatable bonds is 6. The molecule has 1 N–H and O–H groups in total. The second-order valence-electron chi connectivity index (χ2n) is 8.34. The van der Waals surface area contributed by atoms with E-state index in [1.165, 1.54) is 6.42 Å². The Hall–Kier alpha value is -0.0800. The van der Waals surface area contributed by atoms with Gasteiger partial charge in [-0.15, -0.1) is 24.0 Å². The third-order valence-corrected chi connectivity index (χ3v) is 4.73. The zero-order valence-corrected chi connectivity index (χ0v) is 19.0. The van der Waals surface area contributed by atoms with Crippen LogP contribution in [0.4, 0.5) is 0 Å². The van der Waals surface area contributed by atoms with Crippen LogP contribution in [-0.2, 0) is 9.47 Å². The largest absolute Gasteiger partial charge is 0.375 e. The van der Waals surface area contributed by atoms with E-state index >= 15 is 0 Å². The molecule has 5 nitrogen and oxygen atoms in total. The molecule has 0 aromatic heterocycles. The van der Waals surface area contributed by atoms with E-state index in [0.717, 1.165) is 58.2 Å². The zero-order valence-electron chi connectivity index (χ0n) is 16.7. The lowest BCUT2D eigenvalue weighted by atomic mass is 9.84. The van der Waals surface area contributed by atoms with Crippen molar-refractivity contribution >= 4 is 29.9 Å². The van der Waals surface area contributed by atoms with Crippen molar-refractivity contribution in [3.63, 3.8) is 0 Å². The molecule has 148 valence electrons. The van der Waals surface area contributed by atoms with Crippen molar-refractivity contribution in [1.29, 1.82) is 0 Å². The second-order valence-corrected chi connectivity index (χ2v) is 8.34. The smallest absolute Gasteiger partial charge is 0.194 e. The van der Waals surface area contributed by atoms with Crippen LogP contribution in [-0.4, -0.2) is 62.5 Å². The topological polar surface area (TPSA) is 46.1 Å². The second kappa shape index (κ2) is 10.9. The van der Waals surface area contributed by atoms with Crippen molar-refractivity contribution in [2.24, 2.45) is 16.3 Å². The fourth-order valence-electron chi connectivity index (χ4n) is 3.87. The number of guanidine groups is 1. The van der Waals surface area contributed by atoms with Gasteiger partial charge in [-0.3, -0.25) is 4.99 Å². The molecule has 0 aliphatic carbocycles. The highest BCUT2D eigenvalue weighted by molar-refractivity contribution is 14.0. The number of halogens is 1.